The number of alkyl halides is 1. The third kappa shape index (κ3) is 5.54. The van der Waals surface area contributed by atoms with Crippen molar-refractivity contribution in [2.45, 2.75) is 55.3 Å². The minimum absolute atomic E-state index is 0.942. The van der Waals surface area contributed by atoms with Crippen molar-refractivity contribution in [3.8, 4) is 0 Å². The van der Waals surface area contributed by atoms with Gasteiger partial charge in [-0.25, -0.2) is 0 Å². The van der Waals surface area contributed by atoms with Gasteiger partial charge in [-0.3, -0.25) is 0 Å². The quantitative estimate of drug-likeness (QED) is 0.430. The Morgan fingerprint density at radius 2 is 1.93 bits per heavy atom. The molecule has 0 N–H and O–H groups in total. The summed E-state index contributed by atoms with van der Waals surface area (Å²) in [7, 11) is 1.80. The minimum atomic E-state index is 0.942. The summed E-state index contributed by atoms with van der Waals surface area (Å²) >= 11 is 2.63. The molecule has 14 heavy (non-hydrogen) atoms. The van der Waals surface area contributed by atoms with E-state index in [1.165, 1.54) is 51.4 Å². The van der Waals surface area contributed by atoms with Gasteiger partial charge in [0.15, 0.2) is 0 Å². The van der Waals surface area contributed by atoms with Crippen LogP contribution in [0.4, 0.5) is 0 Å². The van der Waals surface area contributed by atoms with E-state index in [1.807, 2.05) is 0 Å². The van der Waals surface area contributed by atoms with E-state index in [-0.39, 0.29) is 0 Å². The molecular formula is C12H23IO. The van der Waals surface area contributed by atoms with Gasteiger partial charge in [-0.15, -0.1) is 0 Å². The second kappa shape index (κ2) is 7.91. The van der Waals surface area contributed by atoms with Crippen molar-refractivity contribution in [1.29, 1.82) is 0 Å². The second-order valence-corrected chi connectivity index (χ2v) is 6.22. The van der Waals surface area contributed by atoms with Gasteiger partial charge in [-0.2, -0.15) is 0 Å². The van der Waals surface area contributed by atoms with Gasteiger partial charge in [-0.05, 0) is 38.0 Å². The normalized spacial score (nSPS) is 29.6. The molecule has 2 atom stereocenters. The van der Waals surface area contributed by atoms with Gasteiger partial charge in [-0.1, -0.05) is 41.9 Å². The smallest absolute Gasteiger partial charge is 0.0462 e. The molecule has 1 aliphatic carbocycles. The van der Waals surface area contributed by atoms with Crippen LogP contribution in [0.2, 0.25) is 0 Å². The molecule has 84 valence electrons. The highest BCUT2D eigenvalue weighted by atomic mass is 127. The van der Waals surface area contributed by atoms with E-state index in [0.717, 1.165) is 16.4 Å². The Hall–Kier alpha value is 0.690. The summed E-state index contributed by atoms with van der Waals surface area (Å²) in [5, 5.41) is 0. The molecule has 1 fully saturated rings. The fourth-order valence-corrected chi connectivity index (χ4v) is 3.11. The molecule has 0 aromatic rings. The molecule has 1 saturated carbocycles. The highest BCUT2D eigenvalue weighted by molar-refractivity contribution is 14.1. The molecule has 0 aliphatic heterocycles. The maximum absolute atomic E-state index is 5.11. The maximum atomic E-state index is 5.11. The highest BCUT2D eigenvalue weighted by Crippen LogP contribution is 2.28. The molecule has 0 radical (unpaired) electrons. The van der Waals surface area contributed by atoms with Crippen LogP contribution in [0, 0.1) is 5.92 Å². The van der Waals surface area contributed by atoms with Gasteiger partial charge in [0.1, 0.15) is 0 Å². The monoisotopic (exact) mass is 310 g/mol. The predicted octanol–water partition coefficient (Wildman–Crippen LogP) is 4.19. The van der Waals surface area contributed by atoms with Gasteiger partial charge in [0.05, 0.1) is 0 Å². The lowest BCUT2D eigenvalue weighted by molar-refractivity contribution is 0.183. The first-order chi connectivity index (χ1) is 6.83. The van der Waals surface area contributed by atoms with Crippen molar-refractivity contribution in [2.75, 3.05) is 13.7 Å². The summed E-state index contributed by atoms with van der Waals surface area (Å²) in [6.45, 7) is 0.949. The maximum Gasteiger partial charge on any atom is 0.0462 e. The van der Waals surface area contributed by atoms with E-state index in [9.17, 15) is 0 Å². The van der Waals surface area contributed by atoms with Gasteiger partial charge in [0.2, 0.25) is 0 Å². The van der Waals surface area contributed by atoms with E-state index < -0.39 is 0 Å². The zero-order chi connectivity index (χ0) is 10.2. The molecular weight excluding hydrogens is 287 g/mol. The molecule has 1 nitrogen and oxygen atoms in total. The van der Waals surface area contributed by atoms with Crippen LogP contribution in [0.1, 0.15) is 51.4 Å². The van der Waals surface area contributed by atoms with Gasteiger partial charge in [0, 0.05) is 17.6 Å². The molecule has 0 aromatic heterocycles. The third-order valence-corrected chi connectivity index (χ3v) is 4.47. The summed E-state index contributed by atoms with van der Waals surface area (Å²) in [4.78, 5) is 0. The first-order valence-electron chi connectivity index (χ1n) is 5.96. The van der Waals surface area contributed by atoms with E-state index in [0.29, 0.717) is 0 Å². The van der Waals surface area contributed by atoms with Gasteiger partial charge < -0.3 is 4.74 Å². The van der Waals surface area contributed by atoms with Crippen LogP contribution in [-0.4, -0.2) is 17.6 Å². The van der Waals surface area contributed by atoms with Crippen LogP contribution in [0.3, 0.4) is 0 Å². The third-order valence-electron chi connectivity index (χ3n) is 3.23. The van der Waals surface area contributed by atoms with Crippen LogP contribution in [-0.2, 0) is 4.74 Å². The first-order valence-corrected chi connectivity index (χ1v) is 7.20. The van der Waals surface area contributed by atoms with Crippen molar-refractivity contribution in [3.63, 3.8) is 0 Å². The molecule has 0 spiro atoms. The molecule has 0 saturated heterocycles. The zero-order valence-corrected chi connectivity index (χ0v) is 11.5. The van der Waals surface area contributed by atoms with Crippen LogP contribution >= 0.6 is 22.6 Å². The Morgan fingerprint density at radius 3 is 2.71 bits per heavy atom. The van der Waals surface area contributed by atoms with Crippen LogP contribution in [0.25, 0.3) is 0 Å². The summed E-state index contributed by atoms with van der Waals surface area (Å²) < 4.78 is 6.05. The fraction of sp³-hybridized carbons (Fsp3) is 1.00. The number of rotatable bonds is 4. The Morgan fingerprint density at radius 1 is 1.14 bits per heavy atom. The number of hydrogen-bond acceptors (Lipinski definition) is 1. The van der Waals surface area contributed by atoms with Crippen molar-refractivity contribution in [2.24, 2.45) is 5.92 Å². The van der Waals surface area contributed by atoms with Crippen LogP contribution < -0.4 is 0 Å². The fourth-order valence-electron chi connectivity index (χ4n) is 2.31. The van der Waals surface area contributed by atoms with E-state index >= 15 is 0 Å². The van der Waals surface area contributed by atoms with E-state index in [1.54, 1.807) is 7.11 Å². The number of halogens is 1. The number of ether oxygens (including phenoxy) is 1. The molecule has 0 aromatic carbocycles. The lowest BCUT2D eigenvalue weighted by atomic mass is 9.88. The SMILES string of the molecule is COCCCC1CCCCC(I)CC1. The average Bonchev–Trinajstić information content (AvgIpc) is 2.16. The Balaban J connectivity index is 2.15. The second-order valence-electron chi connectivity index (χ2n) is 4.46. The molecule has 0 heterocycles. The molecule has 2 heteroatoms. The van der Waals surface area contributed by atoms with Crippen molar-refractivity contribution in [3.05, 3.63) is 0 Å². The van der Waals surface area contributed by atoms with Crippen molar-refractivity contribution < 1.29 is 4.74 Å². The summed E-state index contributed by atoms with van der Waals surface area (Å²) in [6.07, 6.45) is 11.4. The predicted molar refractivity (Wildman–Crippen MR) is 70.1 cm³/mol. The Labute approximate surface area is 102 Å². The lowest BCUT2D eigenvalue weighted by Crippen LogP contribution is -2.10. The number of methoxy groups -OCH3 is 1. The molecule has 0 amide bonds. The molecule has 1 rings (SSSR count). The Kier molecular flexibility index (Phi) is 7.21. The summed E-state index contributed by atoms with van der Waals surface area (Å²) in [6, 6.07) is 0. The van der Waals surface area contributed by atoms with Crippen molar-refractivity contribution in [1.82, 2.24) is 0 Å². The zero-order valence-electron chi connectivity index (χ0n) is 9.30. The first kappa shape index (κ1) is 12.8. The number of hydrogen-bond donors (Lipinski definition) is 0. The minimum Gasteiger partial charge on any atom is -0.385 e. The van der Waals surface area contributed by atoms with Crippen LogP contribution in [0.15, 0.2) is 0 Å². The molecule has 1 aliphatic rings. The van der Waals surface area contributed by atoms with Gasteiger partial charge in [0.25, 0.3) is 0 Å². The summed E-state index contributed by atoms with van der Waals surface area (Å²) in [5.74, 6) is 0.989. The Bertz CT molecular complexity index is 138. The molecule has 2 unspecified atom stereocenters. The topological polar surface area (TPSA) is 9.23 Å². The average molecular weight is 310 g/mol. The van der Waals surface area contributed by atoms with E-state index in [2.05, 4.69) is 22.6 Å². The van der Waals surface area contributed by atoms with Crippen LogP contribution in [0.5, 0.6) is 0 Å². The largest absolute Gasteiger partial charge is 0.385 e. The molecule has 0 bridgehead atoms. The highest BCUT2D eigenvalue weighted by Gasteiger charge is 2.14. The standard InChI is InChI=1S/C12H23IO/c1-14-10-4-6-11-5-2-3-7-12(13)9-8-11/h11-12H,2-10H2,1H3. The summed E-state index contributed by atoms with van der Waals surface area (Å²) in [5.41, 5.74) is 0. The lowest BCUT2D eigenvalue weighted by Gasteiger charge is -2.21. The van der Waals surface area contributed by atoms with Gasteiger partial charge >= 0.3 is 0 Å². The van der Waals surface area contributed by atoms with E-state index in [4.69, 9.17) is 4.74 Å². The van der Waals surface area contributed by atoms with Crippen molar-refractivity contribution >= 4 is 22.6 Å².